The highest BCUT2D eigenvalue weighted by Crippen LogP contribution is 2.11. The minimum Gasteiger partial charge on any atom is -0.508 e. The van der Waals surface area contributed by atoms with Crippen molar-refractivity contribution in [3.63, 3.8) is 0 Å². The SMILES string of the molecule is CC(Cc1ccc(O)cc1)NC(=O)Nc1cccnc1. The van der Waals surface area contributed by atoms with Crippen molar-refractivity contribution in [2.45, 2.75) is 19.4 Å². The van der Waals surface area contributed by atoms with Crippen LogP contribution < -0.4 is 10.6 Å². The number of hydrogen-bond donors (Lipinski definition) is 3. The molecule has 2 rings (SSSR count). The molecule has 0 bridgehead atoms. The molecule has 0 radical (unpaired) electrons. The zero-order valence-corrected chi connectivity index (χ0v) is 11.2. The van der Waals surface area contributed by atoms with Gasteiger partial charge in [0.1, 0.15) is 5.75 Å². The summed E-state index contributed by atoms with van der Waals surface area (Å²) in [6.45, 7) is 1.93. The summed E-state index contributed by atoms with van der Waals surface area (Å²) in [7, 11) is 0. The molecule has 0 aliphatic carbocycles. The van der Waals surface area contributed by atoms with Crippen LogP contribution in [0.5, 0.6) is 5.75 Å². The smallest absolute Gasteiger partial charge is 0.319 e. The van der Waals surface area contributed by atoms with E-state index >= 15 is 0 Å². The van der Waals surface area contributed by atoms with Crippen LogP contribution in [0.1, 0.15) is 12.5 Å². The van der Waals surface area contributed by atoms with Gasteiger partial charge in [-0.3, -0.25) is 4.98 Å². The van der Waals surface area contributed by atoms with E-state index in [9.17, 15) is 9.90 Å². The van der Waals surface area contributed by atoms with Gasteiger partial charge in [-0.25, -0.2) is 4.79 Å². The van der Waals surface area contributed by atoms with Crippen molar-refractivity contribution in [1.29, 1.82) is 0 Å². The molecule has 0 saturated carbocycles. The molecule has 0 aliphatic rings. The predicted octanol–water partition coefficient (Wildman–Crippen LogP) is 2.54. The van der Waals surface area contributed by atoms with Gasteiger partial charge >= 0.3 is 6.03 Å². The first-order valence-corrected chi connectivity index (χ1v) is 6.39. The zero-order chi connectivity index (χ0) is 14.4. The number of phenolic OH excluding ortho intramolecular Hbond substituents is 1. The summed E-state index contributed by atoms with van der Waals surface area (Å²) in [6.07, 6.45) is 3.93. The van der Waals surface area contributed by atoms with Gasteiger partial charge in [-0.1, -0.05) is 12.1 Å². The Hall–Kier alpha value is -2.56. The number of carbonyl (C=O) groups is 1. The maximum Gasteiger partial charge on any atom is 0.319 e. The molecule has 2 aromatic rings. The lowest BCUT2D eigenvalue weighted by Crippen LogP contribution is -2.37. The van der Waals surface area contributed by atoms with Crippen LogP contribution in [-0.2, 0) is 6.42 Å². The first kappa shape index (κ1) is 13.9. The number of aromatic nitrogens is 1. The molecular weight excluding hydrogens is 254 g/mol. The first-order chi connectivity index (χ1) is 9.63. The summed E-state index contributed by atoms with van der Waals surface area (Å²) < 4.78 is 0. The van der Waals surface area contributed by atoms with Crippen molar-refractivity contribution < 1.29 is 9.90 Å². The molecule has 20 heavy (non-hydrogen) atoms. The van der Waals surface area contributed by atoms with Crippen LogP contribution in [0.15, 0.2) is 48.8 Å². The van der Waals surface area contributed by atoms with Gasteiger partial charge in [0.2, 0.25) is 0 Å². The first-order valence-electron chi connectivity index (χ1n) is 6.39. The Balaban J connectivity index is 1.83. The fourth-order valence-corrected chi connectivity index (χ4v) is 1.86. The number of urea groups is 1. The molecule has 0 saturated heterocycles. The van der Waals surface area contributed by atoms with Gasteiger partial charge in [-0.05, 0) is 43.2 Å². The van der Waals surface area contributed by atoms with Crippen molar-refractivity contribution in [3.05, 3.63) is 54.4 Å². The fraction of sp³-hybridized carbons (Fsp3) is 0.200. The Labute approximate surface area is 117 Å². The molecule has 0 aliphatic heterocycles. The van der Waals surface area contributed by atoms with Crippen LogP contribution >= 0.6 is 0 Å². The molecular formula is C15H17N3O2. The van der Waals surface area contributed by atoms with Gasteiger partial charge in [0.25, 0.3) is 0 Å². The van der Waals surface area contributed by atoms with E-state index in [0.717, 1.165) is 5.56 Å². The highest BCUT2D eigenvalue weighted by Gasteiger charge is 2.08. The fourth-order valence-electron chi connectivity index (χ4n) is 1.86. The Bertz CT molecular complexity index is 555. The van der Waals surface area contributed by atoms with E-state index in [1.165, 1.54) is 0 Å². The standard InChI is InChI=1S/C15H17N3O2/c1-11(9-12-4-6-14(19)7-5-12)17-15(20)18-13-3-2-8-16-10-13/h2-8,10-11,19H,9H2,1H3,(H2,17,18,20). The quantitative estimate of drug-likeness (QED) is 0.800. The third-order valence-electron chi connectivity index (χ3n) is 2.78. The molecule has 5 nitrogen and oxygen atoms in total. The van der Waals surface area contributed by atoms with E-state index in [4.69, 9.17) is 0 Å². The van der Waals surface area contributed by atoms with Gasteiger partial charge < -0.3 is 15.7 Å². The minimum atomic E-state index is -0.260. The van der Waals surface area contributed by atoms with Crippen LogP contribution in [0.4, 0.5) is 10.5 Å². The normalized spacial score (nSPS) is 11.7. The molecule has 104 valence electrons. The van der Waals surface area contributed by atoms with Crippen LogP contribution in [0.25, 0.3) is 0 Å². The summed E-state index contributed by atoms with van der Waals surface area (Å²) in [5, 5.41) is 14.8. The number of aromatic hydroxyl groups is 1. The molecule has 0 fully saturated rings. The summed E-state index contributed by atoms with van der Waals surface area (Å²) in [5.74, 6) is 0.240. The Kier molecular flexibility index (Phi) is 4.55. The molecule has 0 spiro atoms. The molecule has 1 unspecified atom stereocenters. The van der Waals surface area contributed by atoms with E-state index in [1.54, 1.807) is 36.7 Å². The predicted molar refractivity (Wildman–Crippen MR) is 77.7 cm³/mol. The summed E-state index contributed by atoms with van der Waals surface area (Å²) in [4.78, 5) is 15.7. The average molecular weight is 271 g/mol. The van der Waals surface area contributed by atoms with Crippen molar-refractivity contribution in [1.82, 2.24) is 10.3 Å². The molecule has 2 amide bonds. The number of hydrogen-bond acceptors (Lipinski definition) is 3. The van der Waals surface area contributed by atoms with Gasteiger partial charge in [-0.15, -0.1) is 0 Å². The number of benzene rings is 1. The average Bonchev–Trinajstić information content (AvgIpc) is 2.42. The minimum absolute atomic E-state index is 0.0174. The highest BCUT2D eigenvalue weighted by molar-refractivity contribution is 5.89. The lowest BCUT2D eigenvalue weighted by Gasteiger charge is -2.14. The lowest BCUT2D eigenvalue weighted by atomic mass is 10.1. The van der Waals surface area contributed by atoms with E-state index in [-0.39, 0.29) is 17.8 Å². The Morgan fingerprint density at radius 1 is 1.30 bits per heavy atom. The van der Waals surface area contributed by atoms with E-state index in [2.05, 4.69) is 15.6 Å². The number of anilines is 1. The monoisotopic (exact) mass is 271 g/mol. The number of amides is 2. The van der Waals surface area contributed by atoms with Crippen LogP contribution in [0, 0.1) is 0 Å². The largest absolute Gasteiger partial charge is 0.508 e. The highest BCUT2D eigenvalue weighted by atomic mass is 16.3. The van der Waals surface area contributed by atoms with Crippen molar-refractivity contribution in [2.75, 3.05) is 5.32 Å². The van der Waals surface area contributed by atoms with Crippen molar-refractivity contribution in [3.8, 4) is 5.75 Å². The molecule has 1 aromatic carbocycles. The van der Waals surface area contributed by atoms with Gasteiger partial charge in [0, 0.05) is 12.2 Å². The number of carbonyl (C=O) groups excluding carboxylic acids is 1. The third kappa shape index (κ3) is 4.28. The van der Waals surface area contributed by atoms with Gasteiger partial charge in [-0.2, -0.15) is 0 Å². The lowest BCUT2D eigenvalue weighted by molar-refractivity contribution is 0.249. The Morgan fingerprint density at radius 3 is 2.70 bits per heavy atom. The number of pyridine rings is 1. The van der Waals surface area contributed by atoms with Crippen LogP contribution in [0.2, 0.25) is 0 Å². The maximum atomic E-state index is 11.8. The Morgan fingerprint density at radius 2 is 2.05 bits per heavy atom. The maximum absolute atomic E-state index is 11.8. The number of rotatable bonds is 4. The molecule has 5 heteroatoms. The summed E-state index contributed by atoms with van der Waals surface area (Å²) in [5.41, 5.74) is 1.71. The third-order valence-corrected chi connectivity index (χ3v) is 2.78. The molecule has 1 atom stereocenters. The van der Waals surface area contributed by atoms with Gasteiger partial charge in [0.15, 0.2) is 0 Å². The van der Waals surface area contributed by atoms with Crippen molar-refractivity contribution in [2.24, 2.45) is 0 Å². The zero-order valence-electron chi connectivity index (χ0n) is 11.2. The molecule has 1 aromatic heterocycles. The summed E-state index contributed by atoms with van der Waals surface area (Å²) in [6, 6.07) is 10.2. The van der Waals surface area contributed by atoms with Crippen LogP contribution in [0.3, 0.4) is 0 Å². The molecule has 3 N–H and O–H groups in total. The number of phenols is 1. The number of nitrogens with zero attached hydrogens (tertiary/aromatic N) is 1. The summed E-state index contributed by atoms with van der Waals surface area (Å²) >= 11 is 0. The second-order valence-corrected chi connectivity index (χ2v) is 4.61. The topological polar surface area (TPSA) is 74.2 Å². The van der Waals surface area contributed by atoms with E-state index in [0.29, 0.717) is 12.1 Å². The molecule has 1 heterocycles. The second kappa shape index (κ2) is 6.56. The van der Waals surface area contributed by atoms with Gasteiger partial charge in [0.05, 0.1) is 11.9 Å². The second-order valence-electron chi connectivity index (χ2n) is 4.61. The van der Waals surface area contributed by atoms with Crippen LogP contribution in [-0.4, -0.2) is 22.2 Å². The number of nitrogens with one attached hydrogen (secondary N) is 2. The van der Waals surface area contributed by atoms with E-state index in [1.807, 2.05) is 19.1 Å². The van der Waals surface area contributed by atoms with E-state index < -0.39 is 0 Å². The van der Waals surface area contributed by atoms with Crippen molar-refractivity contribution >= 4 is 11.7 Å².